The van der Waals surface area contributed by atoms with Crippen molar-refractivity contribution in [2.24, 2.45) is 0 Å². The van der Waals surface area contributed by atoms with E-state index in [0.717, 1.165) is 15.2 Å². The Morgan fingerprint density at radius 1 is 1.64 bits per heavy atom. The van der Waals surface area contributed by atoms with E-state index in [2.05, 4.69) is 10.3 Å². The molecule has 0 bridgehead atoms. The van der Waals surface area contributed by atoms with Crippen molar-refractivity contribution in [1.82, 2.24) is 4.98 Å². The normalized spacial score (nSPS) is 10.4. The maximum Gasteiger partial charge on any atom is 0.221 e. The standard InChI is InChI=1S/C9H7ClN2OS/c1-5(13)12-8-4-6-7(10)2-3-11-9(6)14-8/h2-4H,1H3,(H,12,13). The van der Waals surface area contributed by atoms with E-state index in [0.29, 0.717) is 5.02 Å². The molecule has 0 radical (unpaired) electrons. The van der Waals surface area contributed by atoms with Crippen LogP contribution in [0.4, 0.5) is 5.00 Å². The molecule has 0 aliphatic heterocycles. The summed E-state index contributed by atoms with van der Waals surface area (Å²) in [6, 6.07) is 3.56. The highest BCUT2D eigenvalue weighted by Crippen LogP contribution is 2.32. The van der Waals surface area contributed by atoms with Gasteiger partial charge in [-0.1, -0.05) is 22.9 Å². The Bertz CT molecular complexity index is 495. The van der Waals surface area contributed by atoms with Gasteiger partial charge in [0, 0.05) is 18.5 Å². The van der Waals surface area contributed by atoms with Crippen LogP contribution in [0, 0.1) is 0 Å². The highest BCUT2D eigenvalue weighted by atomic mass is 35.5. The summed E-state index contributed by atoms with van der Waals surface area (Å²) in [6.45, 7) is 1.47. The predicted molar refractivity (Wildman–Crippen MR) is 58.9 cm³/mol. The van der Waals surface area contributed by atoms with Crippen LogP contribution in [0.25, 0.3) is 10.2 Å². The lowest BCUT2D eigenvalue weighted by molar-refractivity contribution is -0.114. The lowest BCUT2D eigenvalue weighted by atomic mass is 10.3. The zero-order chi connectivity index (χ0) is 10.1. The van der Waals surface area contributed by atoms with E-state index in [4.69, 9.17) is 11.6 Å². The molecule has 0 saturated heterocycles. The van der Waals surface area contributed by atoms with Gasteiger partial charge in [-0.2, -0.15) is 0 Å². The number of hydrogen-bond acceptors (Lipinski definition) is 3. The minimum atomic E-state index is -0.0901. The third-order valence-electron chi connectivity index (χ3n) is 1.68. The third kappa shape index (κ3) is 1.71. The topological polar surface area (TPSA) is 42.0 Å². The summed E-state index contributed by atoms with van der Waals surface area (Å²) >= 11 is 7.37. The van der Waals surface area contributed by atoms with Gasteiger partial charge in [0.2, 0.25) is 5.91 Å². The Morgan fingerprint density at radius 3 is 3.07 bits per heavy atom. The molecule has 2 rings (SSSR count). The molecule has 2 aromatic rings. The molecule has 3 nitrogen and oxygen atoms in total. The SMILES string of the molecule is CC(=O)Nc1cc2c(Cl)ccnc2s1. The van der Waals surface area contributed by atoms with Crippen molar-refractivity contribution in [3.8, 4) is 0 Å². The van der Waals surface area contributed by atoms with Crippen LogP contribution in [0.1, 0.15) is 6.92 Å². The van der Waals surface area contributed by atoms with Gasteiger partial charge in [-0.3, -0.25) is 4.79 Å². The Morgan fingerprint density at radius 2 is 2.43 bits per heavy atom. The van der Waals surface area contributed by atoms with Crippen LogP contribution in [0.5, 0.6) is 0 Å². The van der Waals surface area contributed by atoms with Gasteiger partial charge in [-0.15, -0.1) is 0 Å². The lowest BCUT2D eigenvalue weighted by Gasteiger charge is -1.92. The summed E-state index contributed by atoms with van der Waals surface area (Å²) < 4.78 is 0. The van der Waals surface area contributed by atoms with Crippen molar-refractivity contribution in [2.45, 2.75) is 6.92 Å². The number of carbonyl (C=O) groups excluding carboxylic acids is 1. The molecule has 5 heteroatoms. The van der Waals surface area contributed by atoms with Gasteiger partial charge in [0.05, 0.1) is 10.0 Å². The first-order chi connectivity index (χ1) is 6.66. The Hall–Kier alpha value is -1.13. The number of nitrogens with one attached hydrogen (secondary N) is 1. The molecular formula is C9H7ClN2OS. The number of nitrogens with zero attached hydrogens (tertiary/aromatic N) is 1. The van der Waals surface area contributed by atoms with Crippen LogP contribution in [-0.2, 0) is 4.79 Å². The first kappa shape index (κ1) is 9.43. The molecular weight excluding hydrogens is 220 g/mol. The molecule has 0 atom stereocenters. The van der Waals surface area contributed by atoms with E-state index in [-0.39, 0.29) is 5.91 Å². The molecule has 0 aliphatic rings. The predicted octanol–water partition coefficient (Wildman–Crippen LogP) is 2.91. The van der Waals surface area contributed by atoms with Gasteiger partial charge in [0.1, 0.15) is 4.83 Å². The van der Waals surface area contributed by atoms with E-state index in [1.807, 2.05) is 6.07 Å². The van der Waals surface area contributed by atoms with Gasteiger partial charge >= 0.3 is 0 Å². The molecule has 0 aromatic carbocycles. The molecule has 0 aliphatic carbocycles. The van der Waals surface area contributed by atoms with Gasteiger partial charge in [-0.05, 0) is 12.1 Å². The number of fused-ring (bicyclic) bond motifs is 1. The van der Waals surface area contributed by atoms with Crippen LogP contribution < -0.4 is 5.32 Å². The van der Waals surface area contributed by atoms with Gasteiger partial charge in [0.25, 0.3) is 0 Å². The Kier molecular flexibility index (Phi) is 2.39. The van der Waals surface area contributed by atoms with Crippen molar-refractivity contribution >= 4 is 44.1 Å². The first-order valence-corrected chi connectivity index (χ1v) is 5.18. The molecule has 1 N–H and O–H groups in total. The summed E-state index contributed by atoms with van der Waals surface area (Å²) in [6.07, 6.45) is 1.65. The number of halogens is 1. The van der Waals surface area contributed by atoms with Crippen LogP contribution in [0.3, 0.4) is 0 Å². The molecule has 14 heavy (non-hydrogen) atoms. The highest BCUT2D eigenvalue weighted by Gasteiger charge is 2.06. The van der Waals surface area contributed by atoms with Crippen LogP contribution in [-0.4, -0.2) is 10.9 Å². The fourth-order valence-corrected chi connectivity index (χ4v) is 2.37. The minimum absolute atomic E-state index is 0.0901. The molecule has 2 aromatic heterocycles. The molecule has 2 heterocycles. The van der Waals surface area contributed by atoms with E-state index >= 15 is 0 Å². The number of carbonyl (C=O) groups is 1. The maximum absolute atomic E-state index is 10.8. The second-order valence-electron chi connectivity index (χ2n) is 2.80. The summed E-state index contributed by atoms with van der Waals surface area (Å²) in [4.78, 5) is 15.8. The highest BCUT2D eigenvalue weighted by molar-refractivity contribution is 7.22. The van der Waals surface area contributed by atoms with Crippen molar-refractivity contribution in [2.75, 3.05) is 5.32 Å². The van der Waals surface area contributed by atoms with Crippen LogP contribution in [0.2, 0.25) is 5.02 Å². The number of pyridine rings is 1. The molecule has 0 saturated carbocycles. The smallest absolute Gasteiger partial charge is 0.221 e. The fraction of sp³-hybridized carbons (Fsp3) is 0.111. The second-order valence-corrected chi connectivity index (χ2v) is 4.24. The number of thiophene rings is 1. The number of hydrogen-bond donors (Lipinski definition) is 1. The number of rotatable bonds is 1. The van der Waals surface area contributed by atoms with E-state index in [9.17, 15) is 4.79 Å². The number of aromatic nitrogens is 1. The van der Waals surface area contributed by atoms with Gasteiger partial charge < -0.3 is 5.32 Å². The monoisotopic (exact) mass is 226 g/mol. The van der Waals surface area contributed by atoms with Crippen LogP contribution in [0.15, 0.2) is 18.3 Å². The average Bonchev–Trinajstić information content (AvgIpc) is 2.47. The summed E-state index contributed by atoms with van der Waals surface area (Å²) in [5.41, 5.74) is 0. The molecule has 0 spiro atoms. The second kappa shape index (κ2) is 3.55. The molecule has 0 unspecified atom stereocenters. The van der Waals surface area contributed by atoms with Crippen molar-refractivity contribution in [3.05, 3.63) is 23.4 Å². The van der Waals surface area contributed by atoms with Crippen molar-refractivity contribution in [1.29, 1.82) is 0 Å². The fourth-order valence-electron chi connectivity index (χ4n) is 1.14. The summed E-state index contributed by atoms with van der Waals surface area (Å²) in [5, 5.41) is 5.01. The molecule has 0 fully saturated rings. The van der Waals surface area contributed by atoms with E-state index < -0.39 is 0 Å². The zero-order valence-electron chi connectivity index (χ0n) is 7.37. The van der Waals surface area contributed by atoms with E-state index in [1.54, 1.807) is 12.3 Å². The molecule has 72 valence electrons. The third-order valence-corrected chi connectivity index (χ3v) is 2.97. The Balaban J connectivity index is 2.51. The van der Waals surface area contributed by atoms with Gasteiger partial charge in [0.15, 0.2) is 0 Å². The van der Waals surface area contributed by atoms with Crippen molar-refractivity contribution in [3.63, 3.8) is 0 Å². The maximum atomic E-state index is 10.8. The minimum Gasteiger partial charge on any atom is -0.318 e. The largest absolute Gasteiger partial charge is 0.318 e. The van der Waals surface area contributed by atoms with E-state index in [1.165, 1.54) is 18.3 Å². The number of anilines is 1. The average molecular weight is 227 g/mol. The van der Waals surface area contributed by atoms with Gasteiger partial charge in [-0.25, -0.2) is 4.98 Å². The first-order valence-electron chi connectivity index (χ1n) is 3.98. The van der Waals surface area contributed by atoms with Crippen LogP contribution >= 0.6 is 22.9 Å². The lowest BCUT2D eigenvalue weighted by Crippen LogP contribution is -2.03. The molecule has 1 amide bonds. The number of amides is 1. The zero-order valence-corrected chi connectivity index (χ0v) is 8.95. The summed E-state index contributed by atoms with van der Waals surface area (Å²) in [7, 11) is 0. The quantitative estimate of drug-likeness (QED) is 0.813. The Labute approximate surface area is 89.7 Å². The summed E-state index contributed by atoms with van der Waals surface area (Å²) in [5.74, 6) is -0.0901. The van der Waals surface area contributed by atoms with Crippen molar-refractivity contribution < 1.29 is 4.79 Å².